The van der Waals surface area contributed by atoms with Gasteiger partial charge < -0.3 is 4.74 Å². The second-order valence-electron chi connectivity index (χ2n) is 2.68. The monoisotopic (exact) mass is 215 g/mol. The third kappa shape index (κ3) is 2.88. The van der Waals surface area contributed by atoms with Crippen LogP contribution in [0.4, 0.5) is 0 Å². The SMILES string of the molecule is CCOc1ccc(Cl)cc1C[N+](=O)[O-]. The molecule has 0 heterocycles. The van der Waals surface area contributed by atoms with E-state index in [1.165, 1.54) is 0 Å². The van der Waals surface area contributed by atoms with E-state index in [2.05, 4.69) is 0 Å². The molecule has 0 aromatic heterocycles. The van der Waals surface area contributed by atoms with E-state index < -0.39 is 4.92 Å². The number of halogens is 1. The summed E-state index contributed by atoms with van der Waals surface area (Å²) in [4.78, 5) is 9.93. The van der Waals surface area contributed by atoms with Crippen LogP contribution >= 0.6 is 11.6 Å². The van der Waals surface area contributed by atoms with Crippen molar-refractivity contribution in [3.05, 3.63) is 38.9 Å². The molecule has 0 aliphatic carbocycles. The van der Waals surface area contributed by atoms with Crippen LogP contribution in [0.3, 0.4) is 0 Å². The summed E-state index contributed by atoms with van der Waals surface area (Å²) in [5.74, 6) is 0.522. The normalized spacial score (nSPS) is 9.86. The Morgan fingerprint density at radius 3 is 2.86 bits per heavy atom. The lowest BCUT2D eigenvalue weighted by molar-refractivity contribution is -0.496. The fourth-order valence-corrected chi connectivity index (χ4v) is 1.30. The minimum absolute atomic E-state index is 0.268. The maximum Gasteiger partial charge on any atom is 0.232 e. The molecule has 0 saturated carbocycles. The van der Waals surface area contributed by atoms with Gasteiger partial charge in [0.05, 0.1) is 12.2 Å². The molecule has 0 aliphatic rings. The van der Waals surface area contributed by atoms with Crippen LogP contribution in [-0.2, 0) is 6.54 Å². The van der Waals surface area contributed by atoms with Crippen LogP contribution in [-0.4, -0.2) is 11.5 Å². The first kappa shape index (κ1) is 10.8. The van der Waals surface area contributed by atoms with Gasteiger partial charge in [-0.05, 0) is 25.1 Å². The predicted molar refractivity (Wildman–Crippen MR) is 53.3 cm³/mol. The lowest BCUT2D eigenvalue weighted by atomic mass is 10.2. The fraction of sp³-hybridized carbons (Fsp3) is 0.333. The van der Waals surface area contributed by atoms with E-state index in [0.717, 1.165) is 0 Å². The Kier molecular flexibility index (Phi) is 3.71. The van der Waals surface area contributed by atoms with Crippen LogP contribution in [0.5, 0.6) is 5.75 Å². The van der Waals surface area contributed by atoms with Crippen molar-refractivity contribution >= 4 is 11.6 Å². The second-order valence-corrected chi connectivity index (χ2v) is 3.11. The molecular formula is C9H10ClNO3. The lowest BCUT2D eigenvalue weighted by Gasteiger charge is -2.07. The maximum absolute atomic E-state index is 10.3. The molecule has 0 spiro atoms. The highest BCUT2D eigenvalue weighted by Crippen LogP contribution is 2.23. The van der Waals surface area contributed by atoms with Crippen molar-refractivity contribution in [3.63, 3.8) is 0 Å². The maximum atomic E-state index is 10.3. The molecule has 0 fully saturated rings. The summed E-state index contributed by atoms with van der Waals surface area (Å²) < 4.78 is 5.23. The van der Waals surface area contributed by atoms with E-state index in [1.54, 1.807) is 18.2 Å². The van der Waals surface area contributed by atoms with Gasteiger partial charge in [-0.15, -0.1) is 0 Å². The van der Waals surface area contributed by atoms with Gasteiger partial charge in [0.1, 0.15) is 5.75 Å². The highest BCUT2D eigenvalue weighted by atomic mass is 35.5. The average Bonchev–Trinajstić information content (AvgIpc) is 2.09. The molecule has 0 radical (unpaired) electrons. The standard InChI is InChI=1S/C9H10ClNO3/c1-2-14-9-4-3-8(10)5-7(9)6-11(12)13/h3-5H,2,6H2,1H3. The molecule has 1 aromatic carbocycles. The largest absolute Gasteiger partial charge is 0.493 e. The second kappa shape index (κ2) is 4.81. The quantitative estimate of drug-likeness (QED) is 0.573. The molecule has 76 valence electrons. The highest BCUT2D eigenvalue weighted by Gasteiger charge is 2.09. The van der Waals surface area contributed by atoms with E-state index in [1.807, 2.05) is 6.92 Å². The molecule has 0 atom stereocenters. The van der Waals surface area contributed by atoms with Gasteiger partial charge in [-0.3, -0.25) is 10.1 Å². The Morgan fingerprint density at radius 2 is 2.29 bits per heavy atom. The van der Waals surface area contributed by atoms with Crippen LogP contribution in [0.1, 0.15) is 12.5 Å². The average molecular weight is 216 g/mol. The zero-order valence-electron chi connectivity index (χ0n) is 7.70. The topological polar surface area (TPSA) is 52.4 Å². The first-order valence-electron chi connectivity index (χ1n) is 4.16. The zero-order chi connectivity index (χ0) is 10.6. The molecule has 4 nitrogen and oxygen atoms in total. The van der Waals surface area contributed by atoms with Crippen LogP contribution in [0.15, 0.2) is 18.2 Å². The van der Waals surface area contributed by atoms with Crippen molar-refractivity contribution in [2.24, 2.45) is 0 Å². The first-order valence-corrected chi connectivity index (χ1v) is 4.54. The number of nitro groups is 1. The first-order chi connectivity index (χ1) is 6.63. The van der Waals surface area contributed by atoms with Crippen molar-refractivity contribution in [1.82, 2.24) is 0 Å². The van der Waals surface area contributed by atoms with E-state index in [4.69, 9.17) is 16.3 Å². The number of hydrogen-bond donors (Lipinski definition) is 0. The fourth-order valence-electron chi connectivity index (χ4n) is 1.11. The summed E-state index contributed by atoms with van der Waals surface area (Å²) in [7, 11) is 0. The molecule has 5 heteroatoms. The number of hydrogen-bond acceptors (Lipinski definition) is 3. The molecule has 0 aliphatic heterocycles. The molecule has 0 unspecified atom stereocenters. The summed E-state index contributed by atoms with van der Waals surface area (Å²) in [6, 6.07) is 4.84. The molecular weight excluding hydrogens is 206 g/mol. The Bertz CT molecular complexity index is 341. The Morgan fingerprint density at radius 1 is 1.57 bits per heavy atom. The Hall–Kier alpha value is -1.29. The summed E-state index contributed by atoms with van der Waals surface area (Å²) in [6.45, 7) is 2.03. The van der Waals surface area contributed by atoms with Crippen LogP contribution < -0.4 is 4.74 Å². The van der Waals surface area contributed by atoms with Gasteiger partial charge in [-0.1, -0.05) is 11.6 Å². The number of ether oxygens (including phenoxy) is 1. The zero-order valence-corrected chi connectivity index (χ0v) is 8.45. The number of benzene rings is 1. The summed E-state index contributed by atoms with van der Waals surface area (Å²) >= 11 is 5.72. The molecule has 0 N–H and O–H groups in total. The van der Waals surface area contributed by atoms with Crippen LogP contribution in [0.2, 0.25) is 5.02 Å². The highest BCUT2D eigenvalue weighted by molar-refractivity contribution is 6.30. The van der Waals surface area contributed by atoms with Crippen LogP contribution in [0.25, 0.3) is 0 Å². The van der Waals surface area contributed by atoms with Crippen LogP contribution in [0, 0.1) is 10.1 Å². The smallest absolute Gasteiger partial charge is 0.232 e. The minimum Gasteiger partial charge on any atom is -0.493 e. The molecule has 1 rings (SSSR count). The third-order valence-corrected chi connectivity index (χ3v) is 1.86. The van der Waals surface area contributed by atoms with Gasteiger partial charge in [-0.25, -0.2) is 0 Å². The predicted octanol–water partition coefficient (Wildman–Crippen LogP) is 2.52. The summed E-state index contributed by atoms with van der Waals surface area (Å²) in [5, 5.41) is 10.8. The summed E-state index contributed by atoms with van der Waals surface area (Å²) in [5.41, 5.74) is 0.504. The van der Waals surface area contributed by atoms with Gasteiger partial charge in [0.15, 0.2) is 0 Å². The molecule has 1 aromatic rings. The van der Waals surface area contributed by atoms with Crippen molar-refractivity contribution in [2.45, 2.75) is 13.5 Å². The van der Waals surface area contributed by atoms with Gasteiger partial charge in [0, 0.05) is 9.95 Å². The Labute approximate surface area is 86.6 Å². The summed E-state index contributed by atoms with van der Waals surface area (Å²) in [6.07, 6.45) is 0. The van der Waals surface area contributed by atoms with E-state index in [9.17, 15) is 10.1 Å². The van der Waals surface area contributed by atoms with Crippen molar-refractivity contribution < 1.29 is 9.66 Å². The molecule has 0 bridgehead atoms. The van der Waals surface area contributed by atoms with Crippen molar-refractivity contribution in [1.29, 1.82) is 0 Å². The van der Waals surface area contributed by atoms with E-state index in [-0.39, 0.29) is 6.54 Å². The Balaban J connectivity index is 2.96. The van der Waals surface area contributed by atoms with E-state index in [0.29, 0.717) is 22.9 Å². The lowest BCUT2D eigenvalue weighted by Crippen LogP contribution is -2.02. The van der Waals surface area contributed by atoms with Gasteiger partial charge in [0.25, 0.3) is 0 Å². The van der Waals surface area contributed by atoms with Gasteiger partial charge in [0.2, 0.25) is 6.54 Å². The van der Waals surface area contributed by atoms with Crippen molar-refractivity contribution in [3.8, 4) is 5.75 Å². The van der Waals surface area contributed by atoms with E-state index >= 15 is 0 Å². The molecule has 14 heavy (non-hydrogen) atoms. The van der Waals surface area contributed by atoms with Crippen molar-refractivity contribution in [2.75, 3.05) is 6.61 Å². The third-order valence-electron chi connectivity index (χ3n) is 1.62. The minimum atomic E-state index is -0.409. The number of rotatable bonds is 4. The molecule has 0 amide bonds. The molecule has 0 saturated heterocycles. The van der Waals surface area contributed by atoms with Gasteiger partial charge in [-0.2, -0.15) is 0 Å². The number of nitrogens with zero attached hydrogens (tertiary/aromatic N) is 1. The van der Waals surface area contributed by atoms with Gasteiger partial charge >= 0.3 is 0 Å².